The molecule has 4 nitrogen and oxygen atoms in total. The van der Waals surface area contributed by atoms with E-state index in [-0.39, 0.29) is 11.7 Å². The fourth-order valence-corrected chi connectivity index (χ4v) is 4.65. The number of rotatable bonds is 6. The third-order valence-corrected chi connectivity index (χ3v) is 6.76. The summed E-state index contributed by atoms with van der Waals surface area (Å²) in [4.78, 5) is 17.5. The summed E-state index contributed by atoms with van der Waals surface area (Å²) in [6.07, 6.45) is 0. The molecule has 0 N–H and O–H groups in total. The van der Waals surface area contributed by atoms with Gasteiger partial charge in [0.1, 0.15) is 18.2 Å². The molecular weight excluding hydrogens is 458 g/mol. The summed E-state index contributed by atoms with van der Waals surface area (Å²) in [5.41, 5.74) is 1.46. The molecule has 1 fully saturated rings. The average molecular weight is 479 g/mol. The van der Waals surface area contributed by atoms with E-state index in [1.165, 1.54) is 17.4 Å². The number of ether oxygens (including phenoxy) is 1. The van der Waals surface area contributed by atoms with E-state index >= 15 is 0 Å². The zero-order valence-corrected chi connectivity index (χ0v) is 19.0. The van der Waals surface area contributed by atoms with Crippen LogP contribution in [0.4, 0.5) is 4.39 Å². The number of nitrogens with zero attached hydrogens (tertiary/aromatic N) is 2. The molecule has 1 aromatic heterocycles. The number of benzene rings is 2. The molecular formula is C23H21Cl2FN2O2S. The van der Waals surface area contributed by atoms with E-state index < -0.39 is 0 Å². The molecule has 0 spiro atoms. The van der Waals surface area contributed by atoms with Crippen molar-refractivity contribution in [1.82, 2.24) is 9.80 Å². The lowest BCUT2D eigenvalue weighted by Crippen LogP contribution is -2.48. The number of carbonyl (C=O) groups is 1. The number of hydrogen-bond donors (Lipinski definition) is 0. The minimum atomic E-state index is -0.294. The van der Waals surface area contributed by atoms with Gasteiger partial charge in [0.15, 0.2) is 0 Å². The molecule has 2 aromatic carbocycles. The largest absolute Gasteiger partial charge is 0.489 e. The van der Waals surface area contributed by atoms with Gasteiger partial charge in [-0.3, -0.25) is 9.69 Å². The second-order valence-electron chi connectivity index (χ2n) is 7.33. The maximum Gasteiger partial charge on any atom is 0.264 e. The van der Waals surface area contributed by atoms with Crippen LogP contribution in [0.5, 0.6) is 5.75 Å². The standard InChI is InChI=1S/C23H21Cl2FN2O2S/c24-17-4-6-18(7-5-17)30-14-16-12-22(31-15-16)23(29)28-10-8-27(9-11-28)13-19-20(25)2-1-3-21(19)26/h1-7,12,15H,8-11,13-14H2. The summed E-state index contributed by atoms with van der Waals surface area (Å²) in [5.74, 6) is 0.457. The van der Waals surface area contributed by atoms with Gasteiger partial charge in [-0.2, -0.15) is 0 Å². The molecule has 1 aliphatic heterocycles. The highest BCUT2D eigenvalue weighted by Gasteiger charge is 2.24. The van der Waals surface area contributed by atoms with E-state index in [2.05, 4.69) is 4.90 Å². The molecule has 1 amide bonds. The Labute approximate surface area is 194 Å². The van der Waals surface area contributed by atoms with Crippen LogP contribution in [0.3, 0.4) is 0 Å². The average Bonchev–Trinajstić information content (AvgIpc) is 3.25. The maximum atomic E-state index is 14.0. The summed E-state index contributed by atoms with van der Waals surface area (Å²) in [5, 5.41) is 3.04. The molecule has 0 atom stereocenters. The Bertz CT molecular complexity index is 1030. The molecule has 0 unspecified atom stereocenters. The first kappa shape index (κ1) is 22.1. The van der Waals surface area contributed by atoms with Crippen molar-refractivity contribution in [3.8, 4) is 5.75 Å². The summed E-state index contributed by atoms with van der Waals surface area (Å²) in [6.45, 7) is 3.38. The zero-order valence-electron chi connectivity index (χ0n) is 16.7. The van der Waals surface area contributed by atoms with Crippen LogP contribution in [0.2, 0.25) is 10.0 Å². The number of amides is 1. The Kier molecular flexibility index (Phi) is 7.13. The fourth-order valence-electron chi connectivity index (χ4n) is 3.43. The van der Waals surface area contributed by atoms with Crippen molar-refractivity contribution >= 4 is 40.4 Å². The van der Waals surface area contributed by atoms with Crippen molar-refractivity contribution in [2.75, 3.05) is 26.2 Å². The van der Waals surface area contributed by atoms with Crippen LogP contribution in [-0.4, -0.2) is 41.9 Å². The van der Waals surface area contributed by atoms with Gasteiger partial charge < -0.3 is 9.64 Å². The van der Waals surface area contributed by atoms with E-state index in [0.717, 1.165) is 11.3 Å². The zero-order chi connectivity index (χ0) is 21.8. The topological polar surface area (TPSA) is 32.8 Å². The van der Waals surface area contributed by atoms with Crippen molar-refractivity contribution < 1.29 is 13.9 Å². The van der Waals surface area contributed by atoms with Crippen LogP contribution in [-0.2, 0) is 13.2 Å². The van der Waals surface area contributed by atoms with Crippen LogP contribution >= 0.6 is 34.5 Å². The Morgan fingerprint density at radius 2 is 1.81 bits per heavy atom. The molecule has 1 aliphatic rings. The normalized spacial score (nSPS) is 14.6. The van der Waals surface area contributed by atoms with E-state index in [1.807, 2.05) is 28.5 Å². The lowest BCUT2D eigenvalue weighted by atomic mass is 10.1. The first-order valence-electron chi connectivity index (χ1n) is 9.90. The van der Waals surface area contributed by atoms with Gasteiger partial charge >= 0.3 is 0 Å². The highest BCUT2D eigenvalue weighted by atomic mass is 35.5. The van der Waals surface area contributed by atoms with Crippen molar-refractivity contribution in [2.24, 2.45) is 0 Å². The molecule has 31 heavy (non-hydrogen) atoms. The number of carbonyl (C=O) groups excluding carboxylic acids is 1. The second kappa shape index (κ2) is 10.0. The van der Waals surface area contributed by atoms with Gasteiger partial charge in [0.25, 0.3) is 5.91 Å². The molecule has 162 valence electrons. The van der Waals surface area contributed by atoms with Crippen molar-refractivity contribution in [3.63, 3.8) is 0 Å². The first-order chi connectivity index (χ1) is 15.0. The fraction of sp³-hybridized carbons (Fsp3) is 0.261. The maximum absolute atomic E-state index is 14.0. The third kappa shape index (κ3) is 5.57. The van der Waals surface area contributed by atoms with Gasteiger partial charge in [0.2, 0.25) is 0 Å². The lowest BCUT2D eigenvalue weighted by molar-refractivity contribution is 0.0631. The molecule has 0 bridgehead atoms. The predicted molar refractivity (Wildman–Crippen MR) is 123 cm³/mol. The van der Waals surface area contributed by atoms with Crippen LogP contribution < -0.4 is 4.74 Å². The van der Waals surface area contributed by atoms with Crippen LogP contribution in [0.25, 0.3) is 0 Å². The van der Waals surface area contributed by atoms with Gasteiger partial charge in [0.05, 0.1) is 4.88 Å². The van der Waals surface area contributed by atoms with Crippen molar-refractivity contribution in [3.05, 3.63) is 85.8 Å². The molecule has 4 rings (SSSR count). The van der Waals surface area contributed by atoms with Crippen molar-refractivity contribution in [2.45, 2.75) is 13.2 Å². The minimum Gasteiger partial charge on any atom is -0.489 e. The smallest absolute Gasteiger partial charge is 0.264 e. The minimum absolute atomic E-state index is 0.0197. The monoisotopic (exact) mass is 478 g/mol. The molecule has 1 saturated heterocycles. The number of hydrogen-bond acceptors (Lipinski definition) is 4. The molecule has 8 heteroatoms. The van der Waals surface area contributed by atoms with Crippen molar-refractivity contribution in [1.29, 1.82) is 0 Å². The highest BCUT2D eigenvalue weighted by Crippen LogP contribution is 2.23. The van der Waals surface area contributed by atoms with Crippen LogP contribution in [0.15, 0.2) is 53.9 Å². The van der Waals surface area contributed by atoms with Crippen LogP contribution in [0.1, 0.15) is 20.8 Å². The number of piperazine rings is 1. The quantitative estimate of drug-likeness (QED) is 0.453. The summed E-state index contributed by atoms with van der Waals surface area (Å²) in [6, 6.07) is 13.8. The van der Waals surface area contributed by atoms with Gasteiger partial charge in [-0.05, 0) is 47.8 Å². The van der Waals surface area contributed by atoms with Gasteiger partial charge in [-0.1, -0.05) is 29.3 Å². The SMILES string of the molecule is O=C(c1cc(COc2ccc(Cl)cc2)cs1)N1CCN(Cc2c(F)cccc2Cl)CC1. The number of halogens is 3. The second-order valence-corrected chi connectivity index (χ2v) is 9.09. The summed E-state index contributed by atoms with van der Waals surface area (Å²) in [7, 11) is 0. The predicted octanol–water partition coefficient (Wildman–Crippen LogP) is 5.73. The van der Waals surface area contributed by atoms with E-state index in [4.69, 9.17) is 27.9 Å². The molecule has 3 aromatic rings. The highest BCUT2D eigenvalue weighted by molar-refractivity contribution is 7.12. The molecule has 0 radical (unpaired) electrons. The van der Waals surface area contributed by atoms with Gasteiger partial charge in [-0.15, -0.1) is 11.3 Å². The Balaban J connectivity index is 1.29. The summed E-state index contributed by atoms with van der Waals surface area (Å²) < 4.78 is 19.8. The summed E-state index contributed by atoms with van der Waals surface area (Å²) >= 11 is 13.4. The Hall–Kier alpha value is -2.12. The lowest BCUT2D eigenvalue weighted by Gasteiger charge is -2.34. The Morgan fingerprint density at radius 3 is 2.52 bits per heavy atom. The third-order valence-electron chi connectivity index (χ3n) is 5.19. The van der Waals surface area contributed by atoms with E-state index in [0.29, 0.717) is 59.8 Å². The Morgan fingerprint density at radius 1 is 1.06 bits per heavy atom. The number of thiophene rings is 1. The molecule has 0 saturated carbocycles. The molecule has 2 heterocycles. The van der Waals surface area contributed by atoms with E-state index in [1.54, 1.807) is 24.3 Å². The van der Waals surface area contributed by atoms with Gasteiger partial charge in [0, 0.05) is 53.9 Å². The van der Waals surface area contributed by atoms with Crippen LogP contribution in [0, 0.1) is 5.82 Å². The molecule has 0 aliphatic carbocycles. The van der Waals surface area contributed by atoms with E-state index in [9.17, 15) is 9.18 Å². The first-order valence-corrected chi connectivity index (χ1v) is 11.5. The van der Waals surface area contributed by atoms with Gasteiger partial charge in [-0.25, -0.2) is 4.39 Å².